The van der Waals surface area contributed by atoms with Crippen LogP contribution < -0.4 is 0 Å². The molecule has 0 atom stereocenters. The third kappa shape index (κ3) is 3.52. The second-order valence-corrected chi connectivity index (χ2v) is 5.56. The average Bonchev–Trinajstić information content (AvgIpc) is 2.29. The molecule has 88 valence electrons. The van der Waals surface area contributed by atoms with E-state index in [0.717, 1.165) is 0 Å². The third-order valence-electron chi connectivity index (χ3n) is 3.10. The van der Waals surface area contributed by atoms with E-state index in [-0.39, 0.29) is 38.1 Å². The van der Waals surface area contributed by atoms with E-state index in [4.69, 9.17) is 0 Å². The van der Waals surface area contributed by atoms with Gasteiger partial charge in [-0.1, -0.05) is 55.7 Å². The van der Waals surface area contributed by atoms with Crippen LogP contribution in [0.5, 0.6) is 0 Å². The van der Waals surface area contributed by atoms with Crippen LogP contribution in [0.2, 0.25) is 0 Å². The van der Waals surface area contributed by atoms with Crippen molar-refractivity contribution in [2.45, 2.75) is 33.1 Å². The van der Waals surface area contributed by atoms with Crippen molar-refractivity contribution in [3.8, 4) is 11.1 Å². The number of rotatable bonds is 1. The van der Waals surface area contributed by atoms with Crippen LogP contribution in [0.4, 0.5) is 0 Å². The fourth-order valence-electron chi connectivity index (χ4n) is 1.94. The largest absolute Gasteiger partial charge is 3.00 e. The molecule has 2 aromatic carbocycles. The van der Waals surface area contributed by atoms with Gasteiger partial charge in [-0.05, 0) is 12.3 Å². The van der Waals surface area contributed by atoms with E-state index in [2.05, 4.69) is 64.1 Å². The van der Waals surface area contributed by atoms with Gasteiger partial charge in [-0.25, -0.2) is 0 Å². The minimum absolute atomic E-state index is 0. The molecule has 18 heavy (non-hydrogen) atoms. The summed E-state index contributed by atoms with van der Waals surface area (Å²) in [6, 6.07) is 18.2. The Kier molecular flexibility index (Phi) is 5.31. The van der Waals surface area contributed by atoms with Crippen molar-refractivity contribution >= 4 is 0 Å². The normalized spacial score (nSPS) is 10.9. The zero-order valence-electron chi connectivity index (χ0n) is 11.6. The van der Waals surface area contributed by atoms with Crippen LogP contribution in [0.3, 0.4) is 0 Å². The molecular weight excluding hydrogens is 293 g/mol. The maximum absolute atomic E-state index is 3.30. The smallest absolute Gasteiger partial charge is 0.147 e. The predicted molar refractivity (Wildman–Crippen MR) is 74.2 cm³/mol. The van der Waals surface area contributed by atoms with E-state index in [0.29, 0.717) is 0 Å². The molecule has 0 fully saturated rings. The van der Waals surface area contributed by atoms with Gasteiger partial charge in [0.1, 0.15) is 0 Å². The first-order chi connectivity index (χ1) is 7.98. The van der Waals surface area contributed by atoms with E-state index >= 15 is 0 Å². The van der Waals surface area contributed by atoms with E-state index < -0.39 is 0 Å². The zero-order chi connectivity index (χ0) is 12.5. The Morgan fingerprint density at radius 3 is 2.28 bits per heavy atom. The van der Waals surface area contributed by atoms with Crippen molar-refractivity contribution in [1.29, 1.82) is 0 Å². The van der Waals surface area contributed by atoms with Gasteiger partial charge in [0.25, 0.3) is 0 Å². The molecule has 0 heterocycles. The Labute approximate surface area is 136 Å². The van der Waals surface area contributed by atoms with Crippen molar-refractivity contribution in [2.75, 3.05) is 0 Å². The van der Waals surface area contributed by atoms with Crippen molar-refractivity contribution in [1.82, 2.24) is 0 Å². The second-order valence-electron chi connectivity index (χ2n) is 5.56. The van der Waals surface area contributed by atoms with Gasteiger partial charge in [0, 0.05) is 0 Å². The van der Waals surface area contributed by atoms with Crippen LogP contribution >= 0.6 is 0 Å². The summed E-state index contributed by atoms with van der Waals surface area (Å²) in [7, 11) is 0. The SMILES string of the molecule is Cc1ccc(C(C)(C)C)cc1-c1[c-]cccc1.[Y+3]. The molecule has 0 spiro atoms. The van der Waals surface area contributed by atoms with Gasteiger partial charge in [0.2, 0.25) is 0 Å². The van der Waals surface area contributed by atoms with Crippen molar-refractivity contribution in [3.05, 3.63) is 59.7 Å². The molecule has 0 aliphatic carbocycles. The number of benzene rings is 2. The van der Waals surface area contributed by atoms with Crippen molar-refractivity contribution < 1.29 is 32.7 Å². The molecule has 0 radical (unpaired) electrons. The summed E-state index contributed by atoms with van der Waals surface area (Å²) in [6.07, 6.45) is 0. The number of hydrogen-bond donors (Lipinski definition) is 0. The average molecular weight is 312 g/mol. The van der Waals surface area contributed by atoms with Crippen LogP contribution in [0.1, 0.15) is 31.9 Å². The molecule has 1 heteroatoms. The topological polar surface area (TPSA) is 0 Å². The van der Waals surface area contributed by atoms with Gasteiger partial charge in [-0.2, -0.15) is 0 Å². The van der Waals surface area contributed by atoms with Crippen LogP contribution in [0, 0.1) is 13.0 Å². The standard InChI is InChI=1S/C17H19.Y/c1-13-10-11-15(17(2,3)4)12-16(13)14-8-6-5-7-9-14;/h5-8,10-12H,1-4H3;/q-1;+3. The van der Waals surface area contributed by atoms with Gasteiger partial charge in [-0.3, -0.25) is 0 Å². The van der Waals surface area contributed by atoms with E-state index in [9.17, 15) is 0 Å². The zero-order valence-corrected chi connectivity index (χ0v) is 14.5. The quantitative estimate of drug-likeness (QED) is 0.666. The van der Waals surface area contributed by atoms with E-state index in [1.807, 2.05) is 12.1 Å². The minimum atomic E-state index is 0. The molecule has 0 nitrogen and oxygen atoms in total. The van der Waals surface area contributed by atoms with Crippen LogP contribution in [-0.2, 0) is 38.1 Å². The summed E-state index contributed by atoms with van der Waals surface area (Å²) in [4.78, 5) is 0. The number of aryl methyl sites for hydroxylation is 1. The monoisotopic (exact) mass is 312 g/mol. The Morgan fingerprint density at radius 1 is 1.00 bits per heavy atom. The summed E-state index contributed by atoms with van der Waals surface area (Å²) in [5, 5.41) is 0. The van der Waals surface area contributed by atoms with Gasteiger partial charge in [0.15, 0.2) is 0 Å². The van der Waals surface area contributed by atoms with Gasteiger partial charge >= 0.3 is 32.7 Å². The molecule has 2 rings (SSSR count). The van der Waals surface area contributed by atoms with Crippen molar-refractivity contribution in [3.63, 3.8) is 0 Å². The molecular formula is C17H19Y+2. The molecule has 0 aliphatic heterocycles. The summed E-state index contributed by atoms with van der Waals surface area (Å²) < 4.78 is 0. The van der Waals surface area contributed by atoms with Gasteiger partial charge in [0.05, 0.1) is 0 Å². The van der Waals surface area contributed by atoms with E-state index in [1.165, 1.54) is 22.3 Å². The maximum atomic E-state index is 3.30. The first-order valence-electron chi connectivity index (χ1n) is 6.07. The molecule has 0 aliphatic rings. The summed E-state index contributed by atoms with van der Waals surface area (Å²) in [6.45, 7) is 8.89. The first-order valence-corrected chi connectivity index (χ1v) is 6.07. The summed E-state index contributed by atoms with van der Waals surface area (Å²) in [5.41, 5.74) is 5.34. The molecule has 0 N–H and O–H groups in total. The first kappa shape index (κ1) is 15.6. The minimum Gasteiger partial charge on any atom is -0.147 e. The Hall–Kier alpha value is -0.456. The van der Waals surface area contributed by atoms with Crippen molar-refractivity contribution in [2.24, 2.45) is 0 Å². The number of hydrogen-bond acceptors (Lipinski definition) is 0. The summed E-state index contributed by atoms with van der Waals surface area (Å²) in [5.74, 6) is 0. The predicted octanol–water partition coefficient (Wildman–Crippen LogP) is 4.76. The molecule has 0 aromatic heterocycles. The fourth-order valence-corrected chi connectivity index (χ4v) is 1.94. The molecule has 0 amide bonds. The van der Waals surface area contributed by atoms with Crippen LogP contribution in [0.25, 0.3) is 11.1 Å². The molecule has 0 bridgehead atoms. The third-order valence-corrected chi connectivity index (χ3v) is 3.10. The summed E-state index contributed by atoms with van der Waals surface area (Å²) >= 11 is 0. The van der Waals surface area contributed by atoms with Crippen LogP contribution in [-0.4, -0.2) is 0 Å². The molecule has 0 saturated heterocycles. The Morgan fingerprint density at radius 2 is 1.72 bits per heavy atom. The van der Waals surface area contributed by atoms with Gasteiger partial charge in [-0.15, -0.1) is 35.9 Å². The second kappa shape index (κ2) is 6.13. The van der Waals surface area contributed by atoms with E-state index in [1.54, 1.807) is 0 Å². The maximum Gasteiger partial charge on any atom is 3.00 e. The van der Waals surface area contributed by atoms with Gasteiger partial charge < -0.3 is 0 Å². The van der Waals surface area contributed by atoms with Crippen LogP contribution in [0.15, 0.2) is 42.5 Å². The molecule has 0 saturated carbocycles. The Balaban J connectivity index is 0.00000162. The fraction of sp³-hybridized carbons (Fsp3) is 0.294. The Bertz CT molecular complexity index is 507. The molecule has 2 aromatic rings. The molecule has 0 unspecified atom stereocenters.